The predicted molar refractivity (Wildman–Crippen MR) is 121 cm³/mol. The van der Waals surface area contributed by atoms with Crippen molar-refractivity contribution in [2.24, 2.45) is 0 Å². The number of hydrogen-bond donors (Lipinski definition) is 1. The summed E-state index contributed by atoms with van der Waals surface area (Å²) in [5, 5.41) is 3.55. The first-order valence-electron chi connectivity index (χ1n) is 10.7. The van der Waals surface area contributed by atoms with E-state index in [1.807, 2.05) is 25.1 Å². The number of sulfonamides is 1. The second-order valence-corrected chi connectivity index (χ2v) is 10.4. The smallest absolute Gasteiger partial charge is 0.246 e. The molecule has 0 unspecified atom stereocenters. The van der Waals surface area contributed by atoms with Gasteiger partial charge >= 0.3 is 0 Å². The normalized spacial score (nSPS) is 18.4. The largest absolute Gasteiger partial charge is 0.492 e. The molecule has 0 atom stereocenters. The lowest BCUT2D eigenvalue weighted by molar-refractivity contribution is -0.124. The van der Waals surface area contributed by atoms with E-state index in [2.05, 4.69) is 5.32 Å². The van der Waals surface area contributed by atoms with E-state index in [9.17, 15) is 13.2 Å². The molecule has 166 valence electrons. The maximum Gasteiger partial charge on any atom is 0.246 e. The van der Waals surface area contributed by atoms with Crippen LogP contribution in [0.5, 0.6) is 5.75 Å². The lowest BCUT2D eigenvalue weighted by atomic mass is 9.64. The number of carbonyl (C=O) groups is 1. The van der Waals surface area contributed by atoms with Gasteiger partial charge in [-0.15, -0.1) is 0 Å². The Kier molecular flexibility index (Phi) is 6.28. The van der Waals surface area contributed by atoms with Crippen LogP contribution in [0.25, 0.3) is 0 Å². The summed E-state index contributed by atoms with van der Waals surface area (Å²) >= 11 is 6.16. The lowest BCUT2D eigenvalue weighted by Crippen LogP contribution is -2.46. The number of halogens is 1. The number of amides is 1. The van der Waals surface area contributed by atoms with Crippen LogP contribution in [-0.2, 0) is 20.2 Å². The zero-order chi connectivity index (χ0) is 22.1. The average molecular weight is 463 g/mol. The predicted octanol–water partition coefficient (Wildman–Crippen LogP) is 4.58. The average Bonchev–Trinajstić information content (AvgIpc) is 3.24. The maximum atomic E-state index is 13.3. The molecule has 4 rings (SSSR count). The van der Waals surface area contributed by atoms with E-state index in [1.54, 1.807) is 18.2 Å². The standard InChI is InChI=1S/C23H27ClN2O4S/c1-2-30-20-10-9-19(16-21(20)31(28,29)26-13-3-4-14-26)25-22(27)23(11-6-12-23)17-7-5-8-18(24)15-17/h5,7-10,15-16H,2-4,6,11-14H2,1H3,(H,25,27). The molecular formula is C23H27ClN2O4S. The highest BCUT2D eigenvalue weighted by Gasteiger charge is 2.45. The van der Waals surface area contributed by atoms with Gasteiger partial charge in [-0.2, -0.15) is 4.31 Å². The van der Waals surface area contributed by atoms with Gasteiger partial charge in [-0.05, 0) is 68.5 Å². The number of nitrogens with one attached hydrogen (secondary N) is 1. The Labute approximate surface area is 188 Å². The Morgan fingerprint density at radius 1 is 1.13 bits per heavy atom. The molecule has 2 aliphatic rings. The second kappa shape index (κ2) is 8.81. The third-order valence-corrected chi connectivity index (χ3v) is 8.36. The lowest BCUT2D eigenvalue weighted by Gasteiger charge is -2.40. The molecule has 1 saturated heterocycles. The van der Waals surface area contributed by atoms with Crippen molar-refractivity contribution in [2.45, 2.75) is 49.3 Å². The number of hydrogen-bond acceptors (Lipinski definition) is 4. The Hall–Kier alpha value is -2.09. The van der Waals surface area contributed by atoms with Crippen LogP contribution in [0.3, 0.4) is 0 Å². The van der Waals surface area contributed by atoms with Gasteiger partial charge in [-0.3, -0.25) is 4.79 Å². The van der Waals surface area contributed by atoms with Crippen molar-refractivity contribution in [3.8, 4) is 5.75 Å². The van der Waals surface area contributed by atoms with Gasteiger partial charge in [-0.1, -0.05) is 30.2 Å². The molecule has 2 fully saturated rings. The number of anilines is 1. The van der Waals surface area contributed by atoms with Crippen molar-refractivity contribution in [3.05, 3.63) is 53.1 Å². The van der Waals surface area contributed by atoms with E-state index in [-0.39, 0.29) is 10.8 Å². The molecule has 1 saturated carbocycles. The maximum absolute atomic E-state index is 13.3. The Balaban J connectivity index is 1.65. The number of benzene rings is 2. The van der Waals surface area contributed by atoms with E-state index in [0.717, 1.165) is 37.7 Å². The Morgan fingerprint density at radius 3 is 2.48 bits per heavy atom. The van der Waals surface area contributed by atoms with Gasteiger partial charge in [0.15, 0.2) is 0 Å². The minimum Gasteiger partial charge on any atom is -0.492 e. The third-order valence-electron chi connectivity index (χ3n) is 6.20. The monoisotopic (exact) mass is 462 g/mol. The fourth-order valence-corrected chi connectivity index (χ4v) is 6.21. The first-order valence-corrected chi connectivity index (χ1v) is 12.5. The van der Waals surface area contributed by atoms with Crippen LogP contribution in [0.2, 0.25) is 5.02 Å². The first-order chi connectivity index (χ1) is 14.9. The molecule has 1 heterocycles. The minimum atomic E-state index is -3.70. The summed E-state index contributed by atoms with van der Waals surface area (Å²) in [5.41, 5.74) is 0.691. The Bertz CT molecular complexity index is 1080. The number of nitrogens with zero attached hydrogens (tertiary/aromatic N) is 1. The molecule has 2 aromatic carbocycles. The first kappa shape index (κ1) is 22.1. The SMILES string of the molecule is CCOc1ccc(NC(=O)C2(c3cccc(Cl)c3)CCC2)cc1S(=O)(=O)N1CCCC1. The molecule has 1 aliphatic heterocycles. The van der Waals surface area contributed by atoms with Crippen LogP contribution in [0.4, 0.5) is 5.69 Å². The van der Waals surface area contributed by atoms with E-state index < -0.39 is 15.4 Å². The van der Waals surface area contributed by atoms with Gasteiger partial charge in [-0.25, -0.2) is 8.42 Å². The summed E-state index contributed by atoms with van der Waals surface area (Å²) in [4.78, 5) is 13.4. The molecule has 0 radical (unpaired) electrons. The van der Waals surface area contributed by atoms with Crippen LogP contribution in [0.1, 0.15) is 44.6 Å². The molecule has 1 aliphatic carbocycles. The third kappa shape index (κ3) is 4.19. The molecule has 6 nitrogen and oxygen atoms in total. The molecular weight excluding hydrogens is 436 g/mol. The van der Waals surface area contributed by atoms with E-state index in [1.165, 1.54) is 10.4 Å². The van der Waals surface area contributed by atoms with E-state index >= 15 is 0 Å². The quantitative estimate of drug-likeness (QED) is 0.653. The van der Waals surface area contributed by atoms with Crippen molar-refractivity contribution in [2.75, 3.05) is 25.0 Å². The summed E-state index contributed by atoms with van der Waals surface area (Å²) in [6, 6.07) is 12.2. The van der Waals surface area contributed by atoms with Gasteiger partial charge in [0.2, 0.25) is 15.9 Å². The van der Waals surface area contributed by atoms with Crippen molar-refractivity contribution in [1.82, 2.24) is 4.31 Å². The summed E-state index contributed by atoms with van der Waals surface area (Å²) in [6.45, 7) is 3.17. The molecule has 1 amide bonds. The highest BCUT2D eigenvalue weighted by Crippen LogP contribution is 2.45. The van der Waals surface area contributed by atoms with Gasteiger partial charge in [0.25, 0.3) is 0 Å². The number of ether oxygens (including phenoxy) is 1. The topological polar surface area (TPSA) is 75.7 Å². The Morgan fingerprint density at radius 2 is 1.87 bits per heavy atom. The summed E-state index contributed by atoms with van der Waals surface area (Å²) in [7, 11) is -3.70. The minimum absolute atomic E-state index is 0.0967. The van der Waals surface area contributed by atoms with Crippen LogP contribution in [0.15, 0.2) is 47.4 Å². The summed E-state index contributed by atoms with van der Waals surface area (Å²) in [6.07, 6.45) is 4.12. The molecule has 0 bridgehead atoms. The molecule has 31 heavy (non-hydrogen) atoms. The zero-order valence-electron chi connectivity index (χ0n) is 17.6. The number of carbonyl (C=O) groups excluding carboxylic acids is 1. The number of rotatable bonds is 7. The molecule has 0 aromatic heterocycles. The van der Waals surface area contributed by atoms with Crippen LogP contribution in [-0.4, -0.2) is 38.3 Å². The van der Waals surface area contributed by atoms with Gasteiger partial charge in [0.05, 0.1) is 12.0 Å². The second-order valence-electron chi connectivity index (χ2n) is 8.11. The van der Waals surface area contributed by atoms with Gasteiger partial charge in [0, 0.05) is 23.8 Å². The van der Waals surface area contributed by atoms with Gasteiger partial charge < -0.3 is 10.1 Å². The van der Waals surface area contributed by atoms with Crippen molar-refractivity contribution < 1.29 is 17.9 Å². The molecule has 0 spiro atoms. The fraction of sp³-hybridized carbons (Fsp3) is 0.435. The highest BCUT2D eigenvalue weighted by atomic mass is 35.5. The van der Waals surface area contributed by atoms with E-state index in [4.69, 9.17) is 16.3 Å². The van der Waals surface area contributed by atoms with Gasteiger partial charge in [0.1, 0.15) is 10.6 Å². The van der Waals surface area contributed by atoms with E-state index in [0.29, 0.717) is 36.2 Å². The van der Waals surface area contributed by atoms with Crippen molar-refractivity contribution in [1.29, 1.82) is 0 Å². The summed E-state index contributed by atoms with van der Waals surface area (Å²) < 4.78 is 33.5. The molecule has 8 heteroatoms. The van der Waals surface area contributed by atoms with Crippen LogP contribution < -0.4 is 10.1 Å². The summed E-state index contributed by atoms with van der Waals surface area (Å²) in [5.74, 6) is 0.162. The van der Waals surface area contributed by atoms with Crippen LogP contribution in [0, 0.1) is 0 Å². The highest BCUT2D eigenvalue weighted by molar-refractivity contribution is 7.89. The molecule has 1 N–H and O–H groups in total. The van der Waals surface area contributed by atoms with Crippen molar-refractivity contribution >= 4 is 33.2 Å². The fourth-order valence-electron chi connectivity index (χ4n) is 4.34. The van der Waals surface area contributed by atoms with Crippen LogP contribution >= 0.6 is 11.6 Å². The molecule has 2 aromatic rings. The zero-order valence-corrected chi connectivity index (χ0v) is 19.1. The van der Waals surface area contributed by atoms with Crippen molar-refractivity contribution in [3.63, 3.8) is 0 Å².